The maximum atomic E-state index is 13.3. The Bertz CT molecular complexity index is 1320. The molecular weight excluding hydrogens is 468 g/mol. The van der Waals surface area contributed by atoms with Crippen molar-refractivity contribution in [2.75, 3.05) is 6.61 Å². The third kappa shape index (κ3) is 3.97. The lowest BCUT2D eigenvalue weighted by molar-refractivity contribution is -0.277. The first-order valence-corrected chi connectivity index (χ1v) is 11.4. The van der Waals surface area contributed by atoms with Gasteiger partial charge in [-0.05, 0) is 11.6 Å². The number of ether oxygens (including phenoxy) is 2. The van der Waals surface area contributed by atoms with E-state index in [1.54, 1.807) is 18.2 Å². The summed E-state index contributed by atoms with van der Waals surface area (Å²) in [5, 5.41) is 51.5. The number of hydrogen-bond acceptors (Lipinski definition) is 9. The number of carbonyl (C=O) groups excluding carboxylic acids is 2. The number of aromatic hydroxyl groups is 1. The number of phenols is 1. The SMILES string of the molecule is O=C1c2ccccc2C(=O)c2c1cc(Cc1ccccc1)c(O[C@H]1O[C@@H](CO)[C@H](O)[C@@H](O)[C@@H]1O)c2O. The summed E-state index contributed by atoms with van der Waals surface area (Å²) in [5.74, 6) is -1.82. The molecule has 0 amide bonds. The van der Waals surface area contributed by atoms with Crippen molar-refractivity contribution in [2.45, 2.75) is 37.1 Å². The molecule has 0 bridgehead atoms. The Morgan fingerprint density at radius 2 is 1.44 bits per heavy atom. The minimum Gasteiger partial charge on any atom is -0.504 e. The highest BCUT2D eigenvalue weighted by Crippen LogP contribution is 2.43. The Kier molecular flexibility index (Phi) is 6.33. The molecule has 36 heavy (non-hydrogen) atoms. The fourth-order valence-electron chi connectivity index (χ4n) is 4.63. The van der Waals surface area contributed by atoms with Crippen molar-refractivity contribution in [2.24, 2.45) is 0 Å². The minimum absolute atomic E-state index is 0.0169. The van der Waals surface area contributed by atoms with Gasteiger partial charge in [0.25, 0.3) is 0 Å². The van der Waals surface area contributed by atoms with Crippen LogP contribution in [0.25, 0.3) is 0 Å². The lowest BCUT2D eigenvalue weighted by atomic mass is 9.82. The van der Waals surface area contributed by atoms with Crippen LogP contribution in [0.2, 0.25) is 0 Å². The second-order valence-electron chi connectivity index (χ2n) is 8.82. The molecule has 5 rings (SSSR count). The summed E-state index contributed by atoms with van der Waals surface area (Å²) in [7, 11) is 0. The van der Waals surface area contributed by atoms with Crippen molar-refractivity contribution in [3.63, 3.8) is 0 Å². The third-order valence-corrected chi connectivity index (χ3v) is 6.54. The summed E-state index contributed by atoms with van der Waals surface area (Å²) >= 11 is 0. The lowest BCUT2D eigenvalue weighted by Crippen LogP contribution is -2.60. The number of hydrogen-bond donors (Lipinski definition) is 5. The van der Waals surface area contributed by atoms with E-state index in [-0.39, 0.29) is 34.4 Å². The number of phenolic OH excluding ortho intramolecular Hbond substituents is 1. The predicted octanol–water partition coefficient (Wildman–Crippen LogP) is 0.937. The normalized spacial score (nSPS) is 25.3. The van der Waals surface area contributed by atoms with Crippen LogP contribution in [-0.2, 0) is 11.2 Å². The number of aliphatic hydroxyl groups excluding tert-OH is 4. The quantitative estimate of drug-likeness (QED) is 0.274. The minimum atomic E-state index is -1.74. The van der Waals surface area contributed by atoms with E-state index < -0.39 is 54.6 Å². The number of aliphatic hydroxyl groups is 4. The molecule has 0 saturated carbocycles. The maximum Gasteiger partial charge on any atom is 0.229 e. The highest BCUT2D eigenvalue weighted by atomic mass is 16.7. The number of carbonyl (C=O) groups is 2. The first-order chi connectivity index (χ1) is 17.3. The molecule has 0 spiro atoms. The monoisotopic (exact) mass is 492 g/mol. The van der Waals surface area contributed by atoms with Gasteiger partial charge < -0.3 is 35.0 Å². The van der Waals surface area contributed by atoms with Gasteiger partial charge in [-0.15, -0.1) is 0 Å². The van der Waals surface area contributed by atoms with Gasteiger partial charge in [0.1, 0.15) is 24.4 Å². The van der Waals surface area contributed by atoms with Crippen LogP contribution in [0.3, 0.4) is 0 Å². The molecule has 5 atom stereocenters. The first kappa shape index (κ1) is 24.1. The van der Waals surface area contributed by atoms with Crippen molar-refractivity contribution in [3.8, 4) is 11.5 Å². The number of ketones is 2. The number of fused-ring (bicyclic) bond motifs is 2. The van der Waals surface area contributed by atoms with Gasteiger partial charge in [-0.3, -0.25) is 9.59 Å². The predicted molar refractivity (Wildman–Crippen MR) is 125 cm³/mol. The van der Waals surface area contributed by atoms with E-state index in [9.17, 15) is 35.1 Å². The van der Waals surface area contributed by atoms with Crippen LogP contribution in [0, 0.1) is 0 Å². The molecule has 1 heterocycles. The highest BCUT2D eigenvalue weighted by molar-refractivity contribution is 6.29. The number of rotatable bonds is 5. The molecule has 0 aromatic heterocycles. The first-order valence-electron chi connectivity index (χ1n) is 11.4. The molecular formula is C27H24O9. The molecule has 0 radical (unpaired) electrons. The summed E-state index contributed by atoms with van der Waals surface area (Å²) < 4.78 is 11.3. The van der Waals surface area contributed by atoms with Crippen LogP contribution in [0.4, 0.5) is 0 Å². The molecule has 186 valence electrons. The van der Waals surface area contributed by atoms with Crippen molar-refractivity contribution in [3.05, 3.63) is 94.0 Å². The van der Waals surface area contributed by atoms with Gasteiger partial charge in [-0.1, -0.05) is 54.6 Å². The smallest absolute Gasteiger partial charge is 0.229 e. The average molecular weight is 492 g/mol. The zero-order valence-corrected chi connectivity index (χ0v) is 18.9. The molecule has 2 aliphatic rings. The summed E-state index contributed by atoms with van der Waals surface area (Å²) in [5.41, 5.74) is 1.28. The molecule has 1 saturated heterocycles. The van der Waals surface area contributed by atoms with Gasteiger partial charge in [-0.2, -0.15) is 0 Å². The van der Waals surface area contributed by atoms with E-state index in [0.29, 0.717) is 5.56 Å². The Labute approximate surface area is 205 Å². The highest BCUT2D eigenvalue weighted by Gasteiger charge is 2.45. The topological polar surface area (TPSA) is 154 Å². The van der Waals surface area contributed by atoms with Crippen molar-refractivity contribution >= 4 is 11.6 Å². The fraction of sp³-hybridized carbons (Fsp3) is 0.259. The van der Waals surface area contributed by atoms with E-state index >= 15 is 0 Å². The van der Waals surface area contributed by atoms with Gasteiger partial charge in [0, 0.05) is 28.7 Å². The molecule has 9 nitrogen and oxygen atoms in total. The molecule has 1 aliphatic carbocycles. The standard InChI is InChI=1S/C27H24O9/c28-12-18-22(31)24(33)25(34)27(35-18)36-26-14(10-13-6-2-1-3-7-13)11-17-19(23(26)32)21(30)16-9-5-4-8-15(16)20(17)29/h1-9,11,18,22,24-25,27-28,31-34H,10,12H2/t18-,22-,24+,25-,27+/m0/s1. The summed E-state index contributed by atoms with van der Waals surface area (Å²) in [6, 6.07) is 16.9. The van der Waals surface area contributed by atoms with Crippen molar-refractivity contribution in [1.82, 2.24) is 0 Å². The number of benzene rings is 3. The van der Waals surface area contributed by atoms with Crippen LogP contribution in [0.1, 0.15) is 43.0 Å². The molecule has 0 unspecified atom stereocenters. The molecule has 1 aliphatic heterocycles. The van der Waals surface area contributed by atoms with E-state index in [2.05, 4.69) is 0 Å². The van der Waals surface area contributed by atoms with Crippen LogP contribution in [0.15, 0.2) is 60.7 Å². The lowest BCUT2D eigenvalue weighted by Gasteiger charge is -2.40. The maximum absolute atomic E-state index is 13.3. The van der Waals surface area contributed by atoms with Gasteiger partial charge in [0.15, 0.2) is 23.1 Å². The largest absolute Gasteiger partial charge is 0.504 e. The summed E-state index contributed by atoms with van der Waals surface area (Å²) in [6.07, 6.45) is -7.67. The second kappa shape index (κ2) is 9.45. The van der Waals surface area contributed by atoms with Gasteiger partial charge >= 0.3 is 0 Å². The van der Waals surface area contributed by atoms with Crippen LogP contribution in [0.5, 0.6) is 11.5 Å². The van der Waals surface area contributed by atoms with E-state index in [0.717, 1.165) is 5.56 Å². The fourth-order valence-corrected chi connectivity index (χ4v) is 4.63. The van der Waals surface area contributed by atoms with E-state index in [1.165, 1.54) is 12.1 Å². The Hall–Kier alpha value is -3.60. The summed E-state index contributed by atoms with van der Waals surface area (Å²) in [6.45, 7) is -0.665. The van der Waals surface area contributed by atoms with Crippen LogP contribution < -0.4 is 4.74 Å². The van der Waals surface area contributed by atoms with Crippen LogP contribution in [-0.4, -0.2) is 74.4 Å². The van der Waals surface area contributed by atoms with E-state index in [4.69, 9.17) is 9.47 Å². The Morgan fingerprint density at radius 1 is 0.806 bits per heavy atom. The summed E-state index contributed by atoms with van der Waals surface area (Å²) in [4.78, 5) is 26.6. The molecule has 9 heteroatoms. The third-order valence-electron chi connectivity index (χ3n) is 6.54. The Balaban J connectivity index is 1.63. The van der Waals surface area contributed by atoms with E-state index in [1.807, 2.05) is 30.3 Å². The Morgan fingerprint density at radius 3 is 2.11 bits per heavy atom. The van der Waals surface area contributed by atoms with Crippen molar-refractivity contribution in [1.29, 1.82) is 0 Å². The molecule has 3 aromatic carbocycles. The average Bonchev–Trinajstić information content (AvgIpc) is 2.89. The van der Waals surface area contributed by atoms with Gasteiger partial charge in [0.2, 0.25) is 6.29 Å². The zero-order valence-electron chi connectivity index (χ0n) is 18.9. The molecule has 1 fully saturated rings. The molecule has 3 aromatic rings. The second-order valence-corrected chi connectivity index (χ2v) is 8.82. The van der Waals surface area contributed by atoms with Crippen LogP contribution >= 0.6 is 0 Å². The van der Waals surface area contributed by atoms with Gasteiger partial charge in [-0.25, -0.2) is 0 Å². The molecule has 5 N–H and O–H groups in total. The zero-order chi connectivity index (χ0) is 25.6. The van der Waals surface area contributed by atoms with Gasteiger partial charge in [0.05, 0.1) is 12.2 Å². The van der Waals surface area contributed by atoms with Crippen molar-refractivity contribution < 1.29 is 44.6 Å².